The lowest BCUT2D eigenvalue weighted by atomic mass is 9.86. The number of thiophene rings is 1. The van der Waals surface area contributed by atoms with Crippen molar-refractivity contribution in [2.75, 3.05) is 16.4 Å². The van der Waals surface area contributed by atoms with Gasteiger partial charge in [0.1, 0.15) is 0 Å². The van der Waals surface area contributed by atoms with E-state index in [0.717, 1.165) is 10.4 Å². The molecule has 6 nitrogen and oxygen atoms in total. The molecule has 0 spiro atoms. The van der Waals surface area contributed by atoms with E-state index in [1.807, 2.05) is 48.7 Å². The average Bonchev–Trinajstić information content (AvgIpc) is 3.37. The predicted molar refractivity (Wildman–Crippen MR) is 153 cm³/mol. The van der Waals surface area contributed by atoms with E-state index < -0.39 is 5.92 Å². The molecule has 3 aromatic rings. The molecule has 0 fully saturated rings. The molecule has 3 N–H and O–H groups in total. The van der Waals surface area contributed by atoms with Gasteiger partial charge in [-0.05, 0) is 55.1 Å². The maximum Gasteiger partial charge on any atom is 0.254 e. The summed E-state index contributed by atoms with van der Waals surface area (Å²) >= 11 is 14.7. The summed E-state index contributed by atoms with van der Waals surface area (Å²) in [6, 6.07) is 18.4. The molecule has 2 heterocycles. The molecule has 1 atom stereocenters. The fourth-order valence-corrected chi connectivity index (χ4v) is 6.19. The van der Waals surface area contributed by atoms with Gasteiger partial charge in [0.2, 0.25) is 5.91 Å². The summed E-state index contributed by atoms with van der Waals surface area (Å²) in [7, 11) is 0. The highest BCUT2D eigenvalue weighted by Crippen LogP contribution is 2.42. The molecule has 1 aliphatic rings. The monoisotopic (exact) mass is 568 g/mol. The van der Waals surface area contributed by atoms with E-state index in [1.165, 1.54) is 23.1 Å². The summed E-state index contributed by atoms with van der Waals surface area (Å²) in [5, 5.41) is 22.4. The molecular formula is C27H22Cl2N4O2S2. The lowest BCUT2D eigenvalue weighted by molar-refractivity contribution is -0.114. The molecule has 37 heavy (non-hydrogen) atoms. The summed E-state index contributed by atoms with van der Waals surface area (Å²) in [6.45, 7) is 3.72. The van der Waals surface area contributed by atoms with Crippen molar-refractivity contribution in [3.8, 4) is 6.07 Å². The second-order valence-corrected chi connectivity index (χ2v) is 11.1. The Morgan fingerprint density at radius 3 is 2.46 bits per heavy atom. The van der Waals surface area contributed by atoms with Crippen LogP contribution in [0.15, 0.2) is 81.8 Å². The van der Waals surface area contributed by atoms with Crippen LogP contribution in [0.5, 0.6) is 0 Å². The highest BCUT2D eigenvalue weighted by Gasteiger charge is 2.35. The number of allylic oxidation sites excluding steroid dienone is 2. The number of hydrogen-bond donors (Lipinski definition) is 3. The number of carbonyl (C=O) groups is 2. The third-order valence-corrected chi connectivity index (χ3v) is 8.00. The van der Waals surface area contributed by atoms with Crippen LogP contribution in [0, 0.1) is 18.3 Å². The normalized spacial score (nSPS) is 15.2. The van der Waals surface area contributed by atoms with Gasteiger partial charge in [0, 0.05) is 37.6 Å². The van der Waals surface area contributed by atoms with E-state index in [1.54, 1.807) is 25.1 Å². The van der Waals surface area contributed by atoms with Gasteiger partial charge in [0.05, 0.1) is 28.3 Å². The number of carbonyl (C=O) groups excluding carboxylic acids is 2. The van der Waals surface area contributed by atoms with E-state index in [-0.39, 0.29) is 17.6 Å². The second kappa shape index (κ2) is 11.9. The van der Waals surface area contributed by atoms with E-state index in [0.29, 0.717) is 43.3 Å². The SMILES string of the molecule is CC1=C(C(=O)Nc2ccccc2C)C(c2cccs2)C(C#N)=C(SCC(=O)Nc2cc(Cl)cc(Cl)c2)N1. The van der Waals surface area contributed by atoms with Gasteiger partial charge in [-0.25, -0.2) is 0 Å². The molecular weight excluding hydrogens is 547 g/mol. The summed E-state index contributed by atoms with van der Waals surface area (Å²) in [5.41, 5.74) is 3.59. The molecule has 1 aromatic heterocycles. The topological polar surface area (TPSA) is 94.0 Å². The largest absolute Gasteiger partial charge is 0.353 e. The van der Waals surface area contributed by atoms with Crippen LogP contribution < -0.4 is 16.0 Å². The van der Waals surface area contributed by atoms with Crippen molar-refractivity contribution in [3.63, 3.8) is 0 Å². The van der Waals surface area contributed by atoms with Gasteiger partial charge >= 0.3 is 0 Å². The number of benzene rings is 2. The molecule has 10 heteroatoms. The van der Waals surface area contributed by atoms with Crippen LogP contribution in [-0.2, 0) is 9.59 Å². The van der Waals surface area contributed by atoms with Crippen LogP contribution in [0.2, 0.25) is 10.0 Å². The van der Waals surface area contributed by atoms with E-state index in [9.17, 15) is 14.9 Å². The first kappa shape index (κ1) is 26.8. The Labute approximate surface area is 233 Å². The maximum absolute atomic E-state index is 13.5. The number of rotatable bonds is 7. The van der Waals surface area contributed by atoms with Gasteiger partial charge in [-0.3, -0.25) is 9.59 Å². The number of aryl methyl sites for hydroxylation is 1. The fraction of sp³-hybridized carbons (Fsp3) is 0.148. The van der Waals surface area contributed by atoms with Gasteiger partial charge in [-0.2, -0.15) is 5.26 Å². The Morgan fingerprint density at radius 2 is 1.81 bits per heavy atom. The lowest BCUT2D eigenvalue weighted by Crippen LogP contribution is -2.31. The van der Waals surface area contributed by atoms with Crippen molar-refractivity contribution in [2.24, 2.45) is 0 Å². The molecule has 188 valence electrons. The maximum atomic E-state index is 13.5. The second-order valence-electron chi connectivity index (χ2n) is 8.23. The third kappa shape index (κ3) is 6.38. The summed E-state index contributed by atoms with van der Waals surface area (Å²) < 4.78 is 0. The zero-order chi connectivity index (χ0) is 26.5. The number of nitrogens with one attached hydrogen (secondary N) is 3. The smallest absolute Gasteiger partial charge is 0.254 e. The third-order valence-electron chi connectivity index (χ3n) is 5.61. The number of halogens is 2. The Bertz CT molecular complexity index is 1440. The Hall–Kier alpha value is -3.22. The van der Waals surface area contributed by atoms with E-state index in [4.69, 9.17) is 23.2 Å². The Balaban J connectivity index is 1.59. The number of nitriles is 1. The van der Waals surface area contributed by atoms with Crippen molar-refractivity contribution in [1.29, 1.82) is 5.26 Å². The number of dihydropyridines is 1. The first-order valence-corrected chi connectivity index (χ1v) is 13.8. The van der Waals surface area contributed by atoms with E-state index >= 15 is 0 Å². The quantitative estimate of drug-likeness (QED) is 0.283. The molecule has 0 saturated heterocycles. The predicted octanol–water partition coefficient (Wildman–Crippen LogP) is 7.07. The first-order valence-electron chi connectivity index (χ1n) is 11.2. The van der Waals surface area contributed by atoms with E-state index in [2.05, 4.69) is 22.0 Å². The van der Waals surface area contributed by atoms with Gasteiger partial charge < -0.3 is 16.0 Å². The molecule has 4 rings (SSSR count). The van der Waals surface area contributed by atoms with Gasteiger partial charge in [0.25, 0.3) is 5.91 Å². The molecule has 0 radical (unpaired) electrons. The molecule has 0 bridgehead atoms. The number of amides is 2. The number of para-hydroxylation sites is 1. The van der Waals surface area contributed by atoms with Crippen LogP contribution in [-0.4, -0.2) is 17.6 Å². The van der Waals surface area contributed by atoms with Crippen molar-refractivity contribution in [1.82, 2.24) is 5.32 Å². The molecule has 2 aromatic carbocycles. The minimum Gasteiger partial charge on any atom is -0.353 e. The minimum absolute atomic E-state index is 0.0345. The molecule has 1 aliphatic heterocycles. The molecule has 0 aliphatic carbocycles. The zero-order valence-corrected chi connectivity index (χ0v) is 23.0. The number of thioether (sulfide) groups is 1. The number of anilines is 2. The molecule has 2 amide bonds. The van der Waals surface area contributed by atoms with Crippen LogP contribution in [0.25, 0.3) is 0 Å². The fourth-order valence-electron chi connectivity index (χ4n) is 3.93. The van der Waals surface area contributed by atoms with Crippen molar-refractivity contribution in [2.45, 2.75) is 19.8 Å². The number of nitrogens with zero attached hydrogens (tertiary/aromatic N) is 1. The summed E-state index contributed by atoms with van der Waals surface area (Å²) in [6.07, 6.45) is 0. The van der Waals surface area contributed by atoms with Gasteiger partial charge in [-0.1, -0.05) is 59.2 Å². The molecule has 0 saturated carbocycles. The standard InChI is InChI=1S/C27H22Cl2N4O2S2/c1-15-6-3-4-7-21(15)33-26(35)24-16(2)31-27(20(13-30)25(24)22-8-5-9-36-22)37-14-23(34)32-19-11-17(28)10-18(29)12-19/h3-12,25,31H,14H2,1-2H3,(H,32,34)(H,33,35). The first-order chi connectivity index (χ1) is 17.8. The van der Waals surface area contributed by atoms with Crippen LogP contribution in [0.1, 0.15) is 23.3 Å². The summed E-state index contributed by atoms with van der Waals surface area (Å²) in [4.78, 5) is 27.0. The summed E-state index contributed by atoms with van der Waals surface area (Å²) in [5.74, 6) is -1.10. The lowest BCUT2D eigenvalue weighted by Gasteiger charge is -2.29. The Kier molecular flexibility index (Phi) is 8.62. The van der Waals surface area contributed by atoms with Crippen molar-refractivity contribution < 1.29 is 9.59 Å². The van der Waals surface area contributed by atoms with Crippen molar-refractivity contribution in [3.05, 3.63) is 102 Å². The van der Waals surface area contributed by atoms with Crippen LogP contribution in [0.3, 0.4) is 0 Å². The van der Waals surface area contributed by atoms with Crippen LogP contribution in [0.4, 0.5) is 11.4 Å². The highest BCUT2D eigenvalue weighted by molar-refractivity contribution is 8.03. The van der Waals surface area contributed by atoms with Gasteiger partial charge in [0.15, 0.2) is 0 Å². The van der Waals surface area contributed by atoms with Crippen LogP contribution >= 0.6 is 46.3 Å². The minimum atomic E-state index is -0.562. The van der Waals surface area contributed by atoms with Gasteiger partial charge in [-0.15, -0.1) is 11.3 Å². The van der Waals surface area contributed by atoms with Crippen molar-refractivity contribution >= 4 is 69.5 Å². The molecule has 1 unspecified atom stereocenters. The number of hydrogen-bond acceptors (Lipinski definition) is 6. The average molecular weight is 570 g/mol. The Morgan fingerprint density at radius 1 is 1.08 bits per heavy atom. The zero-order valence-electron chi connectivity index (χ0n) is 19.9. The highest BCUT2D eigenvalue weighted by atomic mass is 35.5.